The minimum atomic E-state index is -0.527. The molecule has 0 fully saturated rings. The SMILES string of the molecule is Cc1cc(OCc2ccc(Cl)cc2)cc2c1C(=O)/C(=C/c1c(F)cccc1Cl)O2. The average Bonchev–Trinajstić information content (AvgIpc) is 3.00. The highest BCUT2D eigenvalue weighted by Crippen LogP contribution is 2.38. The van der Waals surface area contributed by atoms with E-state index in [4.69, 9.17) is 32.7 Å². The van der Waals surface area contributed by atoms with Crippen molar-refractivity contribution in [1.29, 1.82) is 0 Å². The Balaban J connectivity index is 1.59. The second-order valence-electron chi connectivity index (χ2n) is 6.60. The number of hydrogen-bond donors (Lipinski definition) is 0. The second-order valence-corrected chi connectivity index (χ2v) is 7.45. The van der Waals surface area contributed by atoms with Crippen molar-refractivity contribution < 1.29 is 18.7 Å². The van der Waals surface area contributed by atoms with E-state index in [1.165, 1.54) is 18.2 Å². The normalized spacial score (nSPS) is 14.1. The van der Waals surface area contributed by atoms with Gasteiger partial charge in [-0.1, -0.05) is 41.4 Å². The van der Waals surface area contributed by atoms with Crippen LogP contribution in [0.5, 0.6) is 11.5 Å². The second kappa shape index (κ2) is 7.90. The van der Waals surface area contributed by atoms with E-state index >= 15 is 0 Å². The molecule has 1 aliphatic rings. The maximum absolute atomic E-state index is 14.1. The monoisotopic (exact) mass is 428 g/mol. The van der Waals surface area contributed by atoms with Crippen LogP contribution in [0.2, 0.25) is 10.0 Å². The van der Waals surface area contributed by atoms with Crippen molar-refractivity contribution in [3.05, 3.63) is 98.5 Å². The van der Waals surface area contributed by atoms with Crippen molar-refractivity contribution in [2.24, 2.45) is 0 Å². The maximum Gasteiger partial charge on any atom is 0.232 e. The molecule has 3 nitrogen and oxygen atoms in total. The topological polar surface area (TPSA) is 35.5 Å². The van der Waals surface area contributed by atoms with Gasteiger partial charge >= 0.3 is 0 Å². The van der Waals surface area contributed by atoms with Crippen molar-refractivity contribution in [1.82, 2.24) is 0 Å². The molecule has 0 N–H and O–H groups in total. The van der Waals surface area contributed by atoms with Crippen LogP contribution in [0, 0.1) is 12.7 Å². The molecule has 0 aromatic heterocycles. The molecule has 0 spiro atoms. The summed E-state index contributed by atoms with van der Waals surface area (Å²) in [5.41, 5.74) is 2.21. The molecule has 0 bridgehead atoms. The Morgan fingerprint density at radius 2 is 1.86 bits per heavy atom. The average molecular weight is 429 g/mol. The Morgan fingerprint density at radius 3 is 2.59 bits per heavy atom. The molecule has 0 radical (unpaired) electrons. The predicted octanol–water partition coefficient (Wildman–Crippen LogP) is 6.64. The number of fused-ring (bicyclic) bond motifs is 1. The lowest BCUT2D eigenvalue weighted by atomic mass is 10.0. The van der Waals surface area contributed by atoms with Crippen LogP contribution in [0.25, 0.3) is 6.08 Å². The zero-order chi connectivity index (χ0) is 20.5. The quantitative estimate of drug-likeness (QED) is 0.437. The molecule has 1 heterocycles. The van der Waals surface area contributed by atoms with Crippen molar-refractivity contribution >= 4 is 35.1 Å². The molecule has 3 aromatic carbocycles. The summed E-state index contributed by atoms with van der Waals surface area (Å²) < 4.78 is 25.6. The predicted molar refractivity (Wildman–Crippen MR) is 111 cm³/mol. The molecule has 0 atom stereocenters. The minimum absolute atomic E-state index is 0.0185. The molecular weight excluding hydrogens is 414 g/mol. The van der Waals surface area contributed by atoms with Crippen LogP contribution in [0.1, 0.15) is 27.0 Å². The minimum Gasteiger partial charge on any atom is -0.489 e. The van der Waals surface area contributed by atoms with Gasteiger partial charge in [-0.15, -0.1) is 0 Å². The number of ether oxygens (including phenoxy) is 2. The van der Waals surface area contributed by atoms with Gasteiger partial charge in [-0.2, -0.15) is 0 Å². The Bertz CT molecular complexity index is 1120. The molecule has 3 aromatic rings. The number of allylic oxidation sites excluding steroid dienone is 1. The lowest BCUT2D eigenvalue weighted by molar-refractivity contribution is 0.101. The summed E-state index contributed by atoms with van der Waals surface area (Å²) in [5, 5.41) is 0.858. The van der Waals surface area contributed by atoms with Crippen molar-refractivity contribution in [2.75, 3.05) is 0 Å². The molecule has 0 aliphatic carbocycles. The molecule has 6 heteroatoms. The first-order valence-corrected chi connectivity index (χ1v) is 9.58. The van der Waals surface area contributed by atoms with Gasteiger partial charge in [0, 0.05) is 16.7 Å². The number of ketones is 1. The molecule has 4 rings (SSSR count). The van der Waals surface area contributed by atoms with Crippen molar-refractivity contribution in [3.8, 4) is 11.5 Å². The summed E-state index contributed by atoms with van der Waals surface area (Å²) in [7, 11) is 0. The lowest BCUT2D eigenvalue weighted by Crippen LogP contribution is -2.00. The van der Waals surface area contributed by atoms with Crippen LogP contribution >= 0.6 is 23.2 Å². The van der Waals surface area contributed by atoms with E-state index in [1.54, 1.807) is 37.3 Å². The highest BCUT2D eigenvalue weighted by molar-refractivity contribution is 6.32. The first-order chi connectivity index (χ1) is 13.9. The third kappa shape index (κ3) is 4.00. The van der Waals surface area contributed by atoms with Crippen LogP contribution < -0.4 is 9.47 Å². The third-order valence-corrected chi connectivity index (χ3v) is 5.12. The molecule has 0 saturated heterocycles. The number of carbonyl (C=O) groups excluding carboxylic acids is 1. The molecular formula is C23H15Cl2FO3. The lowest BCUT2D eigenvalue weighted by Gasteiger charge is -2.09. The van der Waals surface area contributed by atoms with E-state index in [0.717, 1.165) is 5.56 Å². The van der Waals surface area contributed by atoms with E-state index < -0.39 is 5.82 Å². The summed E-state index contributed by atoms with van der Waals surface area (Å²) in [6.07, 6.45) is 1.33. The van der Waals surface area contributed by atoms with E-state index in [9.17, 15) is 9.18 Å². The Labute approximate surface area is 177 Å². The van der Waals surface area contributed by atoms with Gasteiger partial charge in [0.25, 0.3) is 0 Å². The third-order valence-electron chi connectivity index (χ3n) is 4.54. The highest BCUT2D eigenvalue weighted by atomic mass is 35.5. The van der Waals surface area contributed by atoms with Crippen LogP contribution in [0.4, 0.5) is 4.39 Å². The zero-order valence-electron chi connectivity index (χ0n) is 15.3. The maximum atomic E-state index is 14.1. The zero-order valence-corrected chi connectivity index (χ0v) is 16.9. The van der Waals surface area contributed by atoms with Gasteiger partial charge < -0.3 is 9.47 Å². The first-order valence-electron chi connectivity index (χ1n) is 8.82. The van der Waals surface area contributed by atoms with Crippen molar-refractivity contribution in [2.45, 2.75) is 13.5 Å². The molecule has 0 unspecified atom stereocenters. The first kappa shape index (κ1) is 19.5. The molecule has 146 valence electrons. The van der Waals surface area contributed by atoms with E-state index in [2.05, 4.69) is 0 Å². The molecule has 0 amide bonds. The summed E-state index contributed by atoms with van der Waals surface area (Å²) in [5.74, 6) is 0.112. The number of carbonyl (C=O) groups is 1. The smallest absolute Gasteiger partial charge is 0.232 e. The van der Waals surface area contributed by atoms with Gasteiger partial charge in [0.2, 0.25) is 5.78 Å². The number of rotatable bonds is 4. The Morgan fingerprint density at radius 1 is 1.10 bits per heavy atom. The van der Waals surface area contributed by atoms with Crippen LogP contribution in [-0.2, 0) is 6.61 Å². The van der Waals surface area contributed by atoms with Gasteiger partial charge in [-0.3, -0.25) is 4.79 Å². The summed E-state index contributed by atoms with van der Waals surface area (Å²) in [6, 6.07) is 15.1. The van der Waals surface area contributed by atoms with Crippen LogP contribution in [0.15, 0.2) is 60.4 Å². The Kier molecular flexibility index (Phi) is 5.31. The summed E-state index contributed by atoms with van der Waals surface area (Å²) in [6.45, 7) is 2.14. The number of benzene rings is 3. The summed E-state index contributed by atoms with van der Waals surface area (Å²) >= 11 is 11.9. The largest absolute Gasteiger partial charge is 0.489 e. The molecule has 1 aliphatic heterocycles. The highest BCUT2D eigenvalue weighted by Gasteiger charge is 2.30. The van der Waals surface area contributed by atoms with E-state index in [1.807, 2.05) is 12.1 Å². The fourth-order valence-corrected chi connectivity index (χ4v) is 3.43. The van der Waals surface area contributed by atoms with Gasteiger partial charge in [-0.05, 0) is 54.5 Å². The number of halogens is 3. The molecule has 0 saturated carbocycles. The van der Waals surface area contributed by atoms with Crippen LogP contribution in [0.3, 0.4) is 0 Å². The van der Waals surface area contributed by atoms with Gasteiger partial charge in [0.05, 0.1) is 10.6 Å². The van der Waals surface area contributed by atoms with Crippen molar-refractivity contribution in [3.63, 3.8) is 0 Å². The molecule has 29 heavy (non-hydrogen) atoms. The fourth-order valence-electron chi connectivity index (χ4n) is 3.09. The van der Waals surface area contributed by atoms with Gasteiger partial charge in [0.15, 0.2) is 5.76 Å². The number of Topliss-reactive ketones (excluding diaryl/α,β-unsaturated/α-hetero) is 1. The van der Waals surface area contributed by atoms with E-state index in [-0.39, 0.29) is 22.1 Å². The number of hydrogen-bond acceptors (Lipinski definition) is 3. The van der Waals surface area contributed by atoms with Crippen LogP contribution in [-0.4, -0.2) is 5.78 Å². The standard InChI is InChI=1S/C23H15Cl2FO3/c1-13-9-16(28-12-14-5-7-15(24)8-6-14)10-20-22(13)23(27)21(29-20)11-17-18(25)3-2-4-19(17)26/h2-11H,12H2,1H3/b21-11-. The van der Waals surface area contributed by atoms with E-state index in [0.29, 0.717) is 34.3 Å². The Hall–Kier alpha value is -2.82. The number of aryl methyl sites for hydroxylation is 1. The van der Waals surface area contributed by atoms with Gasteiger partial charge in [-0.25, -0.2) is 4.39 Å². The fraction of sp³-hybridized carbons (Fsp3) is 0.0870. The summed E-state index contributed by atoms with van der Waals surface area (Å²) in [4.78, 5) is 12.8. The van der Waals surface area contributed by atoms with Gasteiger partial charge in [0.1, 0.15) is 23.9 Å².